The molecule has 0 atom stereocenters. The van der Waals surface area contributed by atoms with Gasteiger partial charge in [0.25, 0.3) is 0 Å². The van der Waals surface area contributed by atoms with E-state index >= 15 is 0 Å². The summed E-state index contributed by atoms with van der Waals surface area (Å²) in [4.78, 5) is 0. The Morgan fingerprint density at radius 1 is 0.906 bits per heavy atom. The number of benzene rings is 3. The summed E-state index contributed by atoms with van der Waals surface area (Å²) in [6.07, 6.45) is 0. The Bertz CT molecular complexity index is 1100. The highest BCUT2D eigenvalue weighted by molar-refractivity contribution is 9.10. The van der Waals surface area contributed by atoms with Crippen molar-refractivity contribution in [1.82, 2.24) is 5.32 Å². The zero-order chi connectivity index (χ0) is 21.8. The lowest BCUT2D eigenvalue weighted by Gasteiger charge is -2.15. The van der Waals surface area contributed by atoms with E-state index in [4.69, 9.17) is 42.1 Å². The normalized spacial score (nSPS) is 11.8. The lowest BCUT2D eigenvalue weighted by Crippen LogP contribution is -2.13. The minimum Gasteiger partial charge on any atom is -0.493 e. The number of rotatable bonds is 8. The maximum Gasteiger partial charge on any atom is 0.231 e. The average molecular weight is 562 g/mol. The molecule has 0 unspecified atom stereocenters. The Morgan fingerprint density at radius 2 is 1.66 bits per heavy atom. The van der Waals surface area contributed by atoms with E-state index < -0.39 is 0 Å². The van der Waals surface area contributed by atoms with Crippen LogP contribution in [0.2, 0.25) is 10.0 Å². The van der Waals surface area contributed by atoms with Gasteiger partial charge in [0.15, 0.2) is 23.0 Å². The van der Waals surface area contributed by atoms with Crippen molar-refractivity contribution < 1.29 is 18.9 Å². The molecule has 0 saturated heterocycles. The molecule has 1 aliphatic rings. The molecule has 0 radical (unpaired) electrons. The second-order valence-electron chi connectivity index (χ2n) is 6.94. The first-order valence-electron chi connectivity index (χ1n) is 9.56. The summed E-state index contributed by atoms with van der Waals surface area (Å²) in [5.74, 6) is 2.85. The summed E-state index contributed by atoms with van der Waals surface area (Å²) in [5, 5.41) is 4.45. The lowest BCUT2D eigenvalue weighted by molar-refractivity contribution is 0.174. The molecule has 170 valence electrons. The number of hydrogen-bond acceptors (Lipinski definition) is 5. The van der Waals surface area contributed by atoms with E-state index in [9.17, 15) is 0 Å². The van der Waals surface area contributed by atoms with Gasteiger partial charge in [-0.2, -0.15) is 0 Å². The zero-order valence-corrected chi connectivity index (χ0v) is 21.0. The maximum absolute atomic E-state index is 6.09. The van der Waals surface area contributed by atoms with Crippen LogP contribution in [0.15, 0.2) is 53.0 Å². The molecule has 4 rings (SSSR count). The van der Waals surface area contributed by atoms with Crippen LogP contribution < -0.4 is 24.3 Å². The molecular weight excluding hydrogens is 541 g/mol. The molecule has 0 aromatic heterocycles. The van der Waals surface area contributed by atoms with Gasteiger partial charge < -0.3 is 24.3 Å². The average Bonchev–Trinajstić information content (AvgIpc) is 3.23. The molecule has 1 aliphatic heterocycles. The molecule has 1 N–H and O–H groups in total. The molecule has 0 bridgehead atoms. The minimum absolute atomic E-state index is 0. The van der Waals surface area contributed by atoms with E-state index in [-0.39, 0.29) is 19.2 Å². The number of halogens is 4. The van der Waals surface area contributed by atoms with Crippen LogP contribution in [0.5, 0.6) is 23.0 Å². The van der Waals surface area contributed by atoms with E-state index in [0.717, 1.165) is 32.7 Å². The zero-order valence-electron chi connectivity index (χ0n) is 17.1. The fourth-order valence-electron chi connectivity index (χ4n) is 3.20. The summed E-state index contributed by atoms with van der Waals surface area (Å²) in [5.41, 5.74) is 3.10. The third kappa shape index (κ3) is 5.94. The first kappa shape index (κ1) is 24.8. The number of fused-ring (bicyclic) bond motifs is 1. The highest BCUT2D eigenvalue weighted by Gasteiger charge is 2.14. The van der Waals surface area contributed by atoms with Gasteiger partial charge in [-0.1, -0.05) is 35.3 Å². The second kappa shape index (κ2) is 11.3. The molecular formula is C23H21BrCl3NO4. The summed E-state index contributed by atoms with van der Waals surface area (Å²) < 4.78 is 23.1. The van der Waals surface area contributed by atoms with Crippen LogP contribution in [-0.2, 0) is 19.7 Å². The van der Waals surface area contributed by atoms with Crippen molar-refractivity contribution in [1.29, 1.82) is 0 Å². The van der Waals surface area contributed by atoms with Gasteiger partial charge in [0, 0.05) is 13.1 Å². The summed E-state index contributed by atoms with van der Waals surface area (Å²) >= 11 is 15.7. The summed E-state index contributed by atoms with van der Waals surface area (Å²) in [6.45, 7) is 1.98. The maximum atomic E-state index is 6.09. The van der Waals surface area contributed by atoms with Gasteiger partial charge in [-0.15, -0.1) is 12.4 Å². The Kier molecular flexibility index (Phi) is 8.79. The molecule has 3 aromatic carbocycles. The number of ether oxygens (including phenoxy) is 4. The molecule has 9 heteroatoms. The Labute approximate surface area is 211 Å². The molecule has 0 saturated carbocycles. The van der Waals surface area contributed by atoms with Crippen LogP contribution in [0.4, 0.5) is 0 Å². The van der Waals surface area contributed by atoms with Gasteiger partial charge in [0.1, 0.15) is 6.61 Å². The summed E-state index contributed by atoms with van der Waals surface area (Å²) in [7, 11) is 1.62. The molecule has 3 aromatic rings. The Balaban J connectivity index is 0.00000289. The molecule has 0 aliphatic carbocycles. The Morgan fingerprint density at radius 3 is 2.44 bits per heavy atom. The fourth-order valence-corrected chi connectivity index (χ4v) is 4.13. The van der Waals surface area contributed by atoms with Crippen LogP contribution in [-0.4, -0.2) is 13.9 Å². The van der Waals surface area contributed by atoms with Crippen molar-refractivity contribution in [2.45, 2.75) is 19.7 Å². The van der Waals surface area contributed by atoms with Crippen molar-refractivity contribution in [3.63, 3.8) is 0 Å². The monoisotopic (exact) mass is 559 g/mol. The van der Waals surface area contributed by atoms with Crippen LogP contribution in [0, 0.1) is 0 Å². The first-order chi connectivity index (χ1) is 15.0. The van der Waals surface area contributed by atoms with Gasteiger partial charge in [-0.25, -0.2) is 0 Å². The van der Waals surface area contributed by atoms with Gasteiger partial charge in [0.05, 0.1) is 21.6 Å². The summed E-state index contributed by atoms with van der Waals surface area (Å²) in [6, 6.07) is 15.3. The SMILES string of the molecule is COc1cc(CNCc2ccc3c(c2)OCO3)cc(Br)c1OCc1ccc(Cl)c(Cl)c1.Cl. The van der Waals surface area contributed by atoms with E-state index in [1.807, 2.05) is 36.4 Å². The molecule has 0 fully saturated rings. The highest BCUT2D eigenvalue weighted by Crippen LogP contribution is 2.37. The van der Waals surface area contributed by atoms with Gasteiger partial charge in [-0.3, -0.25) is 0 Å². The predicted molar refractivity (Wildman–Crippen MR) is 132 cm³/mol. The number of hydrogen-bond donors (Lipinski definition) is 1. The quantitative estimate of drug-likeness (QED) is 0.329. The van der Waals surface area contributed by atoms with Crippen LogP contribution in [0.3, 0.4) is 0 Å². The van der Waals surface area contributed by atoms with E-state index in [1.54, 1.807) is 19.2 Å². The number of methoxy groups -OCH3 is 1. The van der Waals surface area contributed by atoms with Crippen molar-refractivity contribution in [3.05, 3.63) is 79.7 Å². The topological polar surface area (TPSA) is 49.0 Å². The van der Waals surface area contributed by atoms with Gasteiger partial charge >= 0.3 is 0 Å². The van der Waals surface area contributed by atoms with Gasteiger partial charge in [0.2, 0.25) is 6.79 Å². The molecule has 0 spiro atoms. The molecule has 0 amide bonds. The molecule has 32 heavy (non-hydrogen) atoms. The van der Waals surface area contributed by atoms with E-state index in [2.05, 4.69) is 21.2 Å². The Hall–Kier alpha value is -1.83. The van der Waals surface area contributed by atoms with E-state index in [0.29, 0.717) is 41.2 Å². The van der Waals surface area contributed by atoms with Crippen LogP contribution in [0.25, 0.3) is 0 Å². The smallest absolute Gasteiger partial charge is 0.231 e. The van der Waals surface area contributed by atoms with Gasteiger partial charge in [-0.05, 0) is 69.0 Å². The molecule has 5 nitrogen and oxygen atoms in total. The largest absolute Gasteiger partial charge is 0.493 e. The van der Waals surface area contributed by atoms with Crippen molar-refractivity contribution in [3.8, 4) is 23.0 Å². The third-order valence-corrected chi connectivity index (χ3v) is 6.08. The van der Waals surface area contributed by atoms with Crippen molar-refractivity contribution in [2.75, 3.05) is 13.9 Å². The fraction of sp³-hybridized carbons (Fsp3) is 0.217. The van der Waals surface area contributed by atoms with Crippen LogP contribution >= 0.6 is 51.5 Å². The predicted octanol–water partition coefficient (Wildman–Crippen LogP) is 6.78. The first-order valence-corrected chi connectivity index (χ1v) is 11.1. The van der Waals surface area contributed by atoms with Crippen molar-refractivity contribution in [2.24, 2.45) is 0 Å². The standard InChI is InChI=1S/C23H20BrCl2NO4.ClH/c1-28-22-9-16(11-27-10-14-3-5-20-21(8-14)31-13-30-20)6-17(24)23(22)29-12-15-2-4-18(25)19(26)7-15;/h2-9,27H,10-13H2,1H3;1H. The molecule has 1 heterocycles. The third-order valence-electron chi connectivity index (χ3n) is 4.75. The minimum atomic E-state index is 0. The van der Waals surface area contributed by atoms with Crippen LogP contribution in [0.1, 0.15) is 16.7 Å². The van der Waals surface area contributed by atoms with E-state index in [1.165, 1.54) is 0 Å². The second-order valence-corrected chi connectivity index (χ2v) is 8.61. The lowest BCUT2D eigenvalue weighted by atomic mass is 10.1. The highest BCUT2D eigenvalue weighted by atomic mass is 79.9. The van der Waals surface area contributed by atoms with Crippen molar-refractivity contribution >= 4 is 51.5 Å². The number of nitrogens with one attached hydrogen (secondary N) is 1.